The van der Waals surface area contributed by atoms with Crippen LogP contribution >= 0.6 is 11.8 Å². The fraction of sp³-hybridized carbons (Fsp3) is 0.167. The van der Waals surface area contributed by atoms with E-state index in [4.69, 9.17) is 4.42 Å². The first-order chi connectivity index (χ1) is 8.24. The summed E-state index contributed by atoms with van der Waals surface area (Å²) in [6.45, 7) is 0.578. The number of benzene rings is 1. The molecule has 0 aliphatic carbocycles. The number of anilines is 1. The van der Waals surface area contributed by atoms with Crippen LogP contribution in [0.2, 0.25) is 0 Å². The lowest BCUT2D eigenvalue weighted by molar-refractivity contribution is 0.252. The Kier molecular flexibility index (Phi) is 4.03. The molecule has 1 N–H and O–H groups in total. The summed E-state index contributed by atoms with van der Waals surface area (Å²) in [4.78, 5) is 0.559. The summed E-state index contributed by atoms with van der Waals surface area (Å²) in [5, 5.41) is 3.14. The van der Waals surface area contributed by atoms with Gasteiger partial charge >= 0.3 is 0 Å². The average molecular weight is 255 g/mol. The van der Waals surface area contributed by atoms with Gasteiger partial charge in [-0.1, -0.05) is 11.8 Å². The molecule has 90 valence electrons. The molecule has 1 aromatic carbocycles. The van der Waals surface area contributed by atoms with E-state index in [1.165, 1.54) is 0 Å². The molecule has 0 fully saturated rings. The first kappa shape index (κ1) is 12.0. The Morgan fingerprint density at radius 2 is 1.94 bits per heavy atom. The molecule has 0 aliphatic rings. The lowest BCUT2D eigenvalue weighted by Crippen LogP contribution is -1.97. The first-order valence-corrected chi connectivity index (χ1v) is 5.93. The van der Waals surface area contributed by atoms with E-state index in [1.54, 1.807) is 30.5 Å². The third-order valence-corrected chi connectivity index (χ3v) is 2.85. The third kappa shape index (κ3) is 3.78. The summed E-state index contributed by atoms with van der Waals surface area (Å²) in [6, 6.07) is 10.6. The Balaban J connectivity index is 1.89. The van der Waals surface area contributed by atoms with Crippen molar-refractivity contribution in [2.45, 2.75) is 17.2 Å². The molecule has 0 aliphatic heterocycles. The van der Waals surface area contributed by atoms with Crippen LogP contribution in [-0.4, -0.2) is 5.76 Å². The van der Waals surface area contributed by atoms with Crippen molar-refractivity contribution < 1.29 is 13.2 Å². The van der Waals surface area contributed by atoms with E-state index < -0.39 is 5.76 Å². The molecule has 1 heterocycles. The van der Waals surface area contributed by atoms with Crippen molar-refractivity contribution in [3.63, 3.8) is 0 Å². The van der Waals surface area contributed by atoms with Crippen molar-refractivity contribution >= 4 is 17.4 Å². The zero-order valence-electron chi connectivity index (χ0n) is 8.90. The van der Waals surface area contributed by atoms with E-state index in [9.17, 15) is 8.78 Å². The first-order valence-electron chi connectivity index (χ1n) is 5.05. The van der Waals surface area contributed by atoms with Gasteiger partial charge in [-0.05, 0) is 36.4 Å². The minimum absolute atomic E-state index is 0.543. The molecule has 2 rings (SSSR count). The van der Waals surface area contributed by atoms with Crippen molar-refractivity contribution in [2.75, 3.05) is 5.32 Å². The van der Waals surface area contributed by atoms with Crippen molar-refractivity contribution in [3.05, 3.63) is 48.4 Å². The van der Waals surface area contributed by atoms with Crippen LogP contribution in [0.4, 0.5) is 14.5 Å². The fourth-order valence-corrected chi connectivity index (χ4v) is 1.86. The monoisotopic (exact) mass is 255 g/mol. The minimum atomic E-state index is -2.38. The summed E-state index contributed by atoms with van der Waals surface area (Å²) in [5.74, 6) is -1.55. The lowest BCUT2D eigenvalue weighted by Gasteiger charge is -2.05. The Labute approximate surface area is 102 Å². The Bertz CT molecular complexity index is 442. The molecule has 5 heteroatoms. The van der Waals surface area contributed by atoms with E-state index in [1.807, 2.05) is 12.1 Å². The number of nitrogens with one attached hydrogen (secondary N) is 1. The van der Waals surface area contributed by atoms with E-state index in [2.05, 4.69) is 5.32 Å². The van der Waals surface area contributed by atoms with Gasteiger partial charge < -0.3 is 9.73 Å². The van der Waals surface area contributed by atoms with Gasteiger partial charge in [0.25, 0.3) is 5.76 Å². The highest BCUT2D eigenvalue weighted by molar-refractivity contribution is 7.99. The highest BCUT2D eigenvalue weighted by Crippen LogP contribution is 2.26. The molecule has 2 aromatic rings. The second-order valence-electron chi connectivity index (χ2n) is 3.34. The maximum absolute atomic E-state index is 12.1. The van der Waals surface area contributed by atoms with Crippen LogP contribution in [0.1, 0.15) is 5.76 Å². The molecule has 0 saturated heterocycles. The number of thioether (sulfide) groups is 1. The lowest BCUT2D eigenvalue weighted by atomic mass is 10.3. The summed E-state index contributed by atoms with van der Waals surface area (Å²) in [5.41, 5.74) is 0.875. The summed E-state index contributed by atoms with van der Waals surface area (Å²) in [6.07, 6.45) is 1.61. The van der Waals surface area contributed by atoms with Gasteiger partial charge in [0, 0.05) is 10.6 Å². The van der Waals surface area contributed by atoms with Crippen molar-refractivity contribution in [1.82, 2.24) is 0 Å². The molecule has 0 radical (unpaired) electrons. The zero-order chi connectivity index (χ0) is 12.1. The number of alkyl halides is 2. The number of rotatable bonds is 5. The van der Waals surface area contributed by atoms with E-state index in [0.29, 0.717) is 23.2 Å². The average Bonchev–Trinajstić information content (AvgIpc) is 2.80. The van der Waals surface area contributed by atoms with Crippen LogP contribution < -0.4 is 5.32 Å². The second kappa shape index (κ2) is 5.72. The maximum Gasteiger partial charge on any atom is 0.288 e. The van der Waals surface area contributed by atoms with Crippen LogP contribution in [0, 0.1) is 0 Å². The van der Waals surface area contributed by atoms with Crippen LogP contribution in [0.5, 0.6) is 0 Å². The van der Waals surface area contributed by atoms with E-state index in [-0.39, 0.29) is 0 Å². The summed E-state index contributed by atoms with van der Waals surface area (Å²) < 4.78 is 29.3. The third-order valence-electron chi connectivity index (χ3n) is 2.13. The van der Waals surface area contributed by atoms with Gasteiger partial charge in [-0.2, -0.15) is 8.78 Å². The van der Waals surface area contributed by atoms with Gasteiger partial charge in [0.05, 0.1) is 12.8 Å². The maximum atomic E-state index is 12.1. The molecular formula is C12H11F2NOS. The van der Waals surface area contributed by atoms with Gasteiger partial charge in [0.2, 0.25) is 0 Å². The van der Waals surface area contributed by atoms with E-state index in [0.717, 1.165) is 11.4 Å². The van der Waals surface area contributed by atoms with Crippen molar-refractivity contribution in [3.8, 4) is 0 Å². The SMILES string of the molecule is FC(F)Sc1ccc(NCc2ccco2)cc1. The predicted octanol–water partition coefficient (Wildman–Crippen LogP) is 4.21. The summed E-state index contributed by atoms with van der Waals surface area (Å²) in [7, 11) is 0. The van der Waals surface area contributed by atoms with Gasteiger partial charge in [-0.25, -0.2) is 0 Å². The Morgan fingerprint density at radius 1 is 1.18 bits per heavy atom. The van der Waals surface area contributed by atoms with Gasteiger partial charge in [0.1, 0.15) is 5.76 Å². The fourth-order valence-electron chi connectivity index (χ4n) is 1.36. The highest BCUT2D eigenvalue weighted by atomic mass is 32.2. The van der Waals surface area contributed by atoms with Crippen LogP contribution in [0.25, 0.3) is 0 Å². The number of halogens is 2. The minimum Gasteiger partial charge on any atom is -0.467 e. The molecule has 0 unspecified atom stereocenters. The number of hydrogen-bond acceptors (Lipinski definition) is 3. The van der Waals surface area contributed by atoms with Gasteiger partial charge in [-0.3, -0.25) is 0 Å². The highest BCUT2D eigenvalue weighted by Gasteiger charge is 2.04. The zero-order valence-corrected chi connectivity index (χ0v) is 9.71. The molecule has 0 saturated carbocycles. The largest absolute Gasteiger partial charge is 0.467 e. The molecule has 2 nitrogen and oxygen atoms in total. The molecule has 1 aromatic heterocycles. The summed E-state index contributed by atoms with van der Waals surface area (Å²) >= 11 is 0.543. The van der Waals surface area contributed by atoms with Crippen LogP contribution in [0.3, 0.4) is 0 Å². The number of furan rings is 1. The van der Waals surface area contributed by atoms with Gasteiger partial charge in [-0.15, -0.1) is 0 Å². The van der Waals surface area contributed by atoms with E-state index >= 15 is 0 Å². The Morgan fingerprint density at radius 3 is 2.53 bits per heavy atom. The molecular weight excluding hydrogens is 244 g/mol. The Hall–Kier alpha value is -1.49. The topological polar surface area (TPSA) is 25.2 Å². The molecule has 0 spiro atoms. The smallest absolute Gasteiger partial charge is 0.288 e. The molecule has 17 heavy (non-hydrogen) atoms. The van der Waals surface area contributed by atoms with Crippen LogP contribution in [-0.2, 0) is 6.54 Å². The second-order valence-corrected chi connectivity index (χ2v) is 4.40. The molecule has 0 bridgehead atoms. The number of hydrogen-bond donors (Lipinski definition) is 1. The predicted molar refractivity (Wildman–Crippen MR) is 64.3 cm³/mol. The van der Waals surface area contributed by atoms with Gasteiger partial charge in [0.15, 0.2) is 0 Å². The molecule has 0 amide bonds. The molecule has 0 atom stereocenters. The van der Waals surface area contributed by atoms with Crippen molar-refractivity contribution in [1.29, 1.82) is 0 Å². The van der Waals surface area contributed by atoms with Crippen LogP contribution in [0.15, 0.2) is 52.0 Å². The standard InChI is InChI=1S/C12H11F2NOS/c13-12(14)17-11-5-3-9(4-6-11)15-8-10-2-1-7-16-10/h1-7,12,15H,8H2. The normalized spacial score (nSPS) is 10.8. The quantitative estimate of drug-likeness (QED) is 0.810. The van der Waals surface area contributed by atoms with Crippen molar-refractivity contribution in [2.24, 2.45) is 0 Å².